The molecule has 0 aliphatic carbocycles. The Morgan fingerprint density at radius 2 is 1.89 bits per heavy atom. The fraction of sp³-hybridized carbons (Fsp3) is 0.700. The number of carbonyl (C=O) groups excluding carboxylic acids is 3. The Labute approximate surface area is 106 Å². The van der Waals surface area contributed by atoms with E-state index in [2.05, 4.69) is 9.47 Å². The van der Waals surface area contributed by atoms with Gasteiger partial charge in [0.25, 0.3) is 0 Å². The summed E-state index contributed by atoms with van der Waals surface area (Å²) in [6.45, 7) is 0. The molecule has 0 N–H and O–H groups in total. The summed E-state index contributed by atoms with van der Waals surface area (Å²) in [7, 11) is 1.76. The van der Waals surface area contributed by atoms with E-state index in [9.17, 15) is 27.6 Å². The number of likely N-dealkylation sites (tertiary alicyclic amines) is 1. The fourth-order valence-corrected chi connectivity index (χ4v) is 1.91. The molecule has 19 heavy (non-hydrogen) atoms. The Balaban J connectivity index is 3.14. The van der Waals surface area contributed by atoms with Crippen LogP contribution in [-0.4, -0.2) is 55.2 Å². The van der Waals surface area contributed by atoms with Crippen LogP contribution in [0.1, 0.15) is 12.8 Å². The molecule has 0 bridgehead atoms. The van der Waals surface area contributed by atoms with Gasteiger partial charge in [0, 0.05) is 6.42 Å². The minimum atomic E-state index is -5.03. The Kier molecular flexibility index (Phi) is 4.38. The van der Waals surface area contributed by atoms with Crippen molar-refractivity contribution in [3.63, 3.8) is 0 Å². The van der Waals surface area contributed by atoms with Crippen molar-refractivity contribution < 1.29 is 37.0 Å². The maximum absolute atomic E-state index is 12.9. The lowest BCUT2D eigenvalue weighted by molar-refractivity contribution is -0.206. The first-order valence-corrected chi connectivity index (χ1v) is 5.27. The molecule has 1 heterocycles. The second-order valence-corrected chi connectivity index (χ2v) is 3.85. The number of ether oxygens (including phenoxy) is 2. The van der Waals surface area contributed by atoms with E-state index < -0.39 is 36.1 Å². The van der Waals surface area contributed by atoms with Gasteiger partial charge in [-0.3, -0.25) is 4.79 Å². The highest BCUT2D eigenvalue weighted by Gasteiger charge is 2.56. The van der Waals surface area contributed by atoms with Gasteiger partial charge in [-0.1, -0.05) is 0 Å². The molecule has 0 aromatic rings. The predicted octanol–water partition coefficient (Wildman–Crippen LogP) is 0.254. The van der Waals surface area contributed by atoms with E-state index in [0.29, 0.717) is 0 Å². The SMILES string of the molecule is COC(=O)C1CCC(=O)N1C(C(=O)OC)C(F)(F)F. The Morgan fingerprint density at radius 3 is 2.32 bits per heavy atom. The summed E-state index contributed by atoms with van der Waals surface area (Å²) in [6.07, 6.45) is -5.42. The highest BCUT2D eigenvalue weighted by molar-refractivity contribution is 5.92. The number of amides is 1. The van der Waals surface area contributed by atoms with Gasteiger partial charge in [0.2, 0.25) is 11.9 Å². The molecule has 1 saturated heterocycles. The molecule has 0 aromatic carbocycles. The van der Waals surface area contributed by atoms with E-state index in [1.807, 2.05) is 0 Å². The van der Waals surface area contributed by atoms with Gasteiger partial charge in [-0.2, -0.15) is 13.2 Å². The van der Waals surface area contributed by atoms with E-state index in [4.69, 9.17) is 0 Å². The number of rotatable bonds is 3. The van der Waals surface area contributed by atoms with Crippen LogP contribution < -0.4 is 0 Å². The van der Waals surface area contributed by atoms with Crippen LogP contribution in [0.2, 0.25) is 0 Å². The van der Waals surface area contributed by atoms with Gasteiger partial charge in [-0.15, -0.1) is 0 Å². The van der Waals surface area contributed by atoms with E-state index in [1.165, 1.54) is 0 Å². The zero-order chi connectivity index (χ0) is 14.8. The molecule has 0 aromatic heterocycles. The summed E-state index contributed by atoms with van der Waals surface area (Å²) >= 11 is 0. The van der Waals surface area contributed by atoms with E-state index in [1.54, 1.807) is 0 Å². The topological polar surface area (TPSA) is 72.9 Å². The Bertz CT molecular complexity index is 395. The van der Waals surface area contributed by atoms with Crippen LogP contribution in [0.25, 0.3) is 0 Å². The molecule has 1 aliphatic rings. The van der Waals surface area contributed by atoms with Gasteiger partial charge in [0.05, 0.1) is 14.2 Å². The summed E-state index contributed by atoms with van der Waals surface area (Å²) < 4.78 is 47.0. The third kappa shape index (κ3) is 2.96. The first-order valence-electron chi connectivity index (χ1n) is 5.27. The van der Waals surface area contributed by atoms with Crippen LogP contribution in [0.4, 0.5) is 13.2 Å². The van der Waals surface area contributed by atoms with Gasteiger partial charge in [-0.05, 0) is 6.42 Å². The maximum atomic E-state index is 12.9. The van der Waals surface area contributed by atoms with Crippen LogP contribution in [0.5, 0.6) is 0 Å². The lowest BCUT2D eigenvalue weighted by atomic mass is 10.1. The van der Waals surface area contributed by atoms with Crippen LogP contribution in [0.3, 0.4) is 0 Å². The number of nitrogens with zero attached hydrogens (tertiary/aromatic N) is 1. The fourth-order valence-electron chi connectivity index (χ4n) is 1.91. The van der Waals surface area contributed by atoms with Crippen molar-refractivity contribution in [2.45, 2.75) is 31.1 Å². The van der Waals surface area contributed by atoms with Crippen molar-refractivity contribution >= 4 is 17.8 Å². The maximum Gasteiger partial charge on any atom is 0.419 e. The van der Waals surface area contributed by atoms with Crippen molar-refractivity contribution in [1.82, 2.24) is 4.90 Å². The molecule has 9 heteroatoms. The number of methoxy groups -OCH3 is 2. The average Bonchev–Trinajstić information content (AvgIpc) is 2.69. The number of hydrogen-bond donors (Lipinski definition) is 0. The van der Waals surface area contributed by atoms with Gasteiger partial charge in [0.1, 0.15) is 6.04 Å². The van der Waals surface area contributed by atoms with Crippen molar-refractivity contribution in [2.75, 3.05) is 14.2 Å². The first kappa shape index (κ1) is 15.3. The Hall–Kier alpha value is -1.80. The number of alkyl halides is 3. The van der Waals surface area contributed by atoms with Crippen LogP contribution in [0, 0.1) is 0 Å². The molecule has 0 saturated carbocycles. The summed E-state index contributed by atoms with van der Waals surface area (Å²) in [5, 5.41) is 0. The molecule has 1 rings (SSSR count). The molecular formula is C10H12F3NO5. The lowest BCUT2D eigenvalue weighted by Gasteiger charge is -2.31. The number of halogens is 3. The van der Waals surface area contributed by atoms with Crippen molar-refractivity contribution in [2.24, 2.45) is 0 Å². The van der Waals surface area contributed by atoms with Crippen molar-refractivity contribution in [3.05, 3.63) is 0 Å². The second kappa shape index (κ2) is 5.45. The van der Waals surface area contributed by atoms with Gasteiger partial charge >= 0.3 is 18.1 Å². The standard InChI is InChI=1S/C10H12F3NO5/c1-18-8(16)5-3-4-6(15)14(5)7(9(17)19-2)10(11,12)13/h5,7H,3-4H2,1-2H3. The summed E-state index contributed by atoms with van der Waals surface area (Å²) in [5.41, 5.74) is 0. The van der Waals surface area contributed by atoms with Gasteiger partial charge in [0.15, 0.2) is 0 Å². The second-order valence-electron chi connectivity index (χ2n) is 3.85. The molecule has 6 nitrogen and oxygen atoms in total. The van der Waals surface area contributed by atoms with E-state index >= 15 is 0 Å². The molecule has 2 atom stereocenters. The average molecular weight is 283 g/mol. The third-order valence-electron chi connectivity index (χ3n) is 2.74. The molecule has 1 amide bonds. The van der Waals surface area contributed by atoms with Gasteiger partial charge in [-0.25, -0.2) is 9.59 Å². The molecule has 0 radical (unpaired) electrons. The molecule has 1 aliphatic heterocycles. The molecular weight excluding hydrogens is 271 g/mol. The molecule has 2 unspecified atom stereocenters. The highest BCUT2D eigenvalue weighted by Crippen LogP contribution is 2.32. The van der Waals surface area contributed by atoms with Crippen LogP contribution in [0.15, 0.2) is 0 Å². The Morgan fingerprint density at radius 1 is 1.32 bits per heavy atom. The van der Waals surface area contributed by atoms with E-state index in [-0.39, 0.29) is 17.7 Å². The number of esters is 2. The minimum absolute atomic E-state index is 0.130. The quantitative estimate of drug-likeness (QED) is 0.694. The number of carbonyl (C=O) groups is 3. The zero-order valence-electron chi connectivity index (χ0n) is 10.2. The molecule has 0 spiro atoms. The minimum Gasteiger partial charge on any atom is -0.467 e. The van der Waals surface area contributed by atoms with Gasteiger partial charge < -0.3 is 14.4 Å². The lowest BCUT2D eigenvalue weighted by Crippen LogP contribution is -2.56. The smallest absolute Gasteiger partial charge is 0.419 e. The summed E-state index contributed by atoms with van der Waals surface area (Å²) in [4.78, 5) is 34.4. The first-order chi connectivity index (χ1) is 8.73. The van der Waals surface area contributed by atoms with E-state index in [0.717, 1.165) is 14.2 Å². The predicted molar refractivity (Wildman–Crippen MR) is 53.7 cm³/mol. The van der Waals surface area contributed by atoms with Crippen LogP contribution in [-0.2, 0) is 23.9 Å². The normalized spacial score (nSPS) is 21.2. The summed E-state index contributed by atoms with van der Waals surface area (Å²) in [5.74, 6) is -3.58. The van der Waals surface area contributed by atoms with Crippen LogP contribution >= 0.6 is 0 Å². The molecule has 1 fully saturated rings. The highest BCUT2D eigenvalue weighted by atomic mass is 19.4. The van der Waals surface area contributed by atoms with Crippen molar-refractivity contribution in [1.29, 1.82) is 0 Å². The summed E-state index contributed by atoms with van der Waals surface area (Å²) in [6, 6.07) is -4.22. The monoisotopic (exact) mass is 283 g/mol. The largest absolute Gasteiger partial charge is 0.467 e. The van der Waals surface area contributed by atoms with Crippen molar-refractivity contribution in [3.8, 4) is 0 Å². The zero-order valence-corrected chi connectivity index (χ0v) is 10.2. The third-order valence-corrected chi connectivity index (χ3v) is 2.74. The number of hydrogen-bond acceptors (Lipinski definition) is 5. The molecule has 108 valence electrons.